The Morgan fingerprint density at radius 1 is 0.500 bits per heavy atom. The van der Waals surface area contributed by atoms with Gasteiger partial charge in [-0.25, -0.2) is 0 Å². The standard InChI is InChI=1S/C21H26N2.C18H33P.C15H10.2ClH.Ru/c1-14-9-16(3)20(17(4)10-14)22-7-8-23(13-22)21-18(5)11-15(2)12-19(21)6;1-4-10-16(11-5-1)19(17-12-6-2-7-13-17)18-14-8-3-9-15-18;1-2-6-12(7-3-1)15-11-10-13-8-4-5-9-14(13)15;;;/h9-12H,7-8H2,1-6H3;16-18H,1-15H2;1-9,11H;2*1H;/q;;;;;+2/p-1. The van der Waals surface area contributed by atoms with Gasteiger partial charge in [-0.05, 0) is 77.0 Å². The molecular formula is C54H70Cl2N2PRu+. The minimum absolute atomic E-state index is 0.0465. The van der Waals surface area contributed by atoms with Crippen molar-refractivity contribution >= 4 is 52.7 Å². The molecule has 0 atom stereocenters. The maximum atomic E-state index is 7.92. The van der Waals surface area contributed by atoms with Crippen molar-refractivity contribution in [2.75, 3.05) is 22.9 Å². The Kier molecular flexibility index (Phi) is 14.4. The summed E-state index contributed by atoms with van der Waals surface area (Å²) in [5.41, 5.74) is 18.4. The van der Waals surface area contributed by atoms with Crippen molar-refractivity contribution in [3.63, 3.8) is 0 Å². The third-order valence-corrected chi connectivity index (χ3v) is 25.8. The fraction of sp³-hybridized carbons (Fsp3) is 0.481. The molecule has 1 saturated heterocycles. The maximum absolute atomic E-state index is 7.92. The van der Waals surface area contributed by atoms with E-state index in [9.17, 15) is 0 Å². The van der Waals surface area contributed by atoms with Crippen LogP contribution in [0.4, 0.5) is 11.4 Å². The molecule has 4 fully saturated rings. The third-order valence-electron chi connectivity index (χ3n) is 14.3. The summed E-state index contributed by atoms with van der Waals surface area (Å²) in [6, 6.07) is 28.2. The van der Waals surface area contributed by atoms with E-state index in [0.717, 1.165) is 27.1 Å². The molecule has 0 radical (unpaired) electrons. The molecule has 1 heterocycles. The van der Waals surface area contributed by atoms with Gasteiger partial charge in [0.05, 0.1) is 17.0 Å². The average Bonchev–Trinajstić information content (AvgIpc) is 3.86. The summed E-state index contributed by atoms with van der Waals surface area (Å²) < 4.78 is 2.14. The topological polar surface area (TPSA) is 6.48 Å². The number of hydrogen-bond acceptors (Lipinski definition) is 2. The zero-order chi connectivity index (χ0) is 42.0. The Hall–Kier alpha value is -2.41. The normalized spacial score (nSPS) is 19.7. The van der Waals surface area contributed by atoms with E-state index in [0.29, 0.717) is 0 Å². The van der Waals surface area contributed by atoms with Gasteiger partial charge in [0.2, 0.25) is 0 Å². The van der Waals surface area contributed by atoms with E-state index in [1.54, 1.807) is 96.3 Å². The van der Waals surface area contributed by atoms with Crippen LogP contribution in [0, 0.1) is 41.5 Å². The SMILES string of the molecule is C1CCC([PH+](C2CCCCC2)C2CCCCC2)CC1.Cc1cc(C)c(N2CCN(c3c(C)cc(C)cc3C)[C]2=[Ru]([Cl])([Cl])=[C]2C=C(c3ccccc3)c3ccccc32)c(C)c1. The van der Waals surface area contributed by atoms with E-state index in [4.69, 9.17) is 19.4 Å². The summed E-state index contributed by atoms with van der Waals surface area (Å²) in [5.74, 6) is 0. The number of fused-ring (bicyclic) bond motifs is 1. The predicted molar refractivity (Wildman–Crippen MR) is 266 cm³/mol. The summed E-state index contributed by atoms with van der Waals surface area (Å²) in [6.45, 7) is 14.8. The van der Waals surface area contributed by atoms with E-state index in [2.05, 4.69) is 136 Å². The minimum atomic E-state index is -3.77. The first-order chi connectivity index (χ1) is 29.0. The molecule has 6 heteroatoms. The number of anilines is 2. The Bertz CT molecular complexity index is 2160. The van der Waals surface area contributed by atoms with Crippen LogP contribution in [0.1, 0.15) is 146 Å². The average molecular weight is 950 g/mol. The van der Waals surface area contributed by atoms with Gasteiger partial charge in [0.1, 0.15) is 0 Å². The number of nitrogens with zero attached hydrogens (tertiary/aromatic N) is 2. The van der Waals surface area contributed by atoms with Gasteiger partial charge < -0.3 is 0 Å². The van der Waals surface area contributed by atoms with E-state index in [1.165, 1.54) is 78.4 Å². The summed E-state index contributed by atoms with van der Waals surface area (Å²) in [5, 5.41) is 0. The van der Waals surface area contributed by atoms with Gasteiger partial charge in [-0.15, -0.1) is 0 Å². The number of hydrogen-bond donors (Lipinski definition) is 0. The van der Waals surface area contributed by atoms with Gasteiger partial charge in [0, 0.05) is 7.92 Å². The molecule has 1 aliphatic heterocycles. The summed E-state index contributed by atoms with van der Waals surface area (Å²) in [4.78, 5) is 4.89. The molecule has 0 spiro atoms. The Labute approximate surface area is 374 Å². The van der Waals surface area contributed by atoms with Crippen LogP contribution in [0.5, 0.6) is 0 Å². The van der Waals surface area contributed by atoms with Crippen molar-refractivity contribution in [3.8, 4) is 0 Å². The van der Waals surface area contributed by atoms with Crippen LogP contribution in [0.25, 0.3) is 5.57 Å². The molecule has 3 saturated carbocycles. The molecular weight excluding hydrogens is 880 g/mol. The first-order valence-corrected chi connectivity index (χ1v) is 31.3. The number of rotatable bonds is 6. The fourth-order valence-electron chi connectivity index (χ4n) is 12.0. The van der Waals surface area contributed by atoms with Crippen LogP contribution in [0.15, 0.2) is 84.9 Å². The van der Waals surface area contributed by atoms with Gasteiger partial charge in [0.15, 0.2) is 0 Å². The molecule has 0 unspecified atom stereocenters. The summed E-state index contributed by atoms with van der Waals surface area (Å²) in [7, 11) is 15.8. The molecule has 0 amide bonds. The van der Waals surface area contributed by atoms with Gasteiger partial charge in [0.25, 0.3) is 0 Å². The van der Waals surface area contributed by atoms with Crippen molar-refractivity contribution in [1.82, 2.24) is 0 Å². The molecule has 0 bridgehead atoms. The quantitative estimate of drug-likeness (QED) is 0.140. The number of allylic oxidation sites excluding steroid dienone is 1. The van der Waals surface area contributed by atoms with Crippen molar-refractivity contribution < 1.29 is 11.9 Å². The van der Waals surface area contributed by atoms with Crippen molar-refractivity contribution in [2.24, 2.45) is 0 Å². The van der Waals surface area contributed by atoms with E-state index >= 15 is 0 Å². The summed E-state index contributed by atoms with van der Waals surface area (Å²) in [6.07, 6.45) is 26.1. The molecule has 0 aromatic heterocycles. The molecule has 0 N–H and O–H groups in total. The molecule has 9 rings (SSSR count). The summed E-state index contributed by atoms with van der Waals surface area (Å²) >= 11 is -3.77. The van der Waals surface area contributed by atoms with E-state index in [-0.39, 0.29) is 7.92 Å². The second-order valence-corrected chi connectivity index (χ2v) is 31.5. The Morgan fingerprint density at radius 3 is 1.30 bits per heavy atom. The van der Waals surface area contributed by atoms with Crippen LogP contribution >= 0.6 is 27.3 Å². The van der Waals surface area contributed by atoms with Crippen LogP contribution in [-0.2, 0) is 11.9 Å². The van der Waals surface area contributed by atoms with Crippen LogP contribution < -0.4 is 9.80 Å². The van der Waals surface area contributed by atoms with Crippen LogP contribution in [0.3, 0.4) is 0 Å². The number of aryl methyl sites for hydroxylation is 6. The van der Waals surface area contributed by atoms with Gasteiger partial charge >= 0.3 is 256 Å². The second-order valence-electron chi connectivity index (χ2n) is 18.8. The van der Waals surface area contributed by atoms with Crippen molar-refractivity contribution in [3.05, 3.63) is 135 Å². The second kappa shape index (κ2) is 19.5. The predicted octanol–water partition coefficient (Wildman–Crippen LogP) is 15.3. The fourth-order valence-corrected chi connectivity index (χ4v) is 24.1. The molecule has 2 nitrogen and oxygen atoms in total. The Morgan fingerprint density at radius 2 is 0.883 bits per heavy atom. The third kappa shape index (κ3) is 9.28. The van der Waals surface area contributed by atoms with Crippen molar-refractivity contribution in [1.29, 1.82) is 0 Å². The van der Waals surface area contributed by atoms with Crippen LogP contribution in [0.2, 0.25) is 0 Å². The Balaban J connectivity index is 0.000000218. The van der Waals surface area contributed by atoms with Gasteiger partial charge in [-0.2, -0.15) is 0 Å². The molecule has 322 valence electrons. The van der Waals surface area contributed by atoms with Crippen LogP contribution in [-0.4, -0.2) is 38.5 Å². The zero-order valence-corrected chi connectivity index (χ0v) is 41.6. The van der Waals surface area contributed by atoms with Gasteiger partial charge in [-0.1, -0.05) is 19.3 Å². The number of benzene rings is 4. The van der Waals surface area contributed by atoms with E-state index in [1.807, 2.05) is 0 Å². The molecule has 4 aromatic carbocycles. The molecule has 4 aliphatic carbocycles. The van der Waals surface area contributed by atoms with Gasteiger partial charge in [-0.3, -0.25) is 0 Å². The molecule has 4 aromatic rings. The molecule has 5 aliphatic rings. The first-order valence-electron chi connectivity index (χ1n) is 23.3. The molecule has 60 heavy (non-hydrogen) atoms. The van der Waals surface area contributed by atoms with E-state index < -0.39 is 11.9 Å². The van der Waals surface area contributed by atoms with Crippen molar-refractivity contribution in [2.45, 2.75) is 155 Å². The monoisotopic (exact) mass is 949 g/mol. The first kappa shape index (κ1) is 44.2. The zero-order valence-electron chi connectivity index (χ0n) is 37.3. The number of halogens is 2.